The minimum absolute atomic E-state index is 0.0434. The molecule has 4 rings (SSSR count). The van der Waals surface area contributed by atoms with Gasteiger partial charge in [-0.1, -0.05) is 16.8 Å². The number of anilines is 1. The van der Waals surface area contributed by atoms with E-state index in [1.54, 1.807) is 0 Å². The molecule has 1 fully saturated rings. The summed E-state index contributed by atoms with van der Waals surface area (Å²) in [5, 5.41) is 6.46. The Bertz CT molecular complexity index is 1430. The van der Waals surface area contributed by atoms with Crippen LogP contribution in [0.2, 0.25) is 5.02 Å². The minimum atomic E-state index is -4.04. The van der Waals surface area contributed by atoms with Crippen LogP contribution in [0.4, 0.5) is 18.9 Å². The molecule has 2 aromatic carbocycles. The Hall–Kier alpha value is -3.15. The fourth-order valence-electron chi connectivity index (χ4n) is 3.91. The molecule has 7 nitrogen and oxygen atoms in total. The predicted molar refractivity (Wildman–Crippen MR) is 128 cm³/mol. The molecule has 0 atom stereocenters. The summed E-state index contributed by atoms with van der Waals surface area (Å²) < 4.78 is 73.4. The normalized spacial score (nSPS) is 15.5. The van der Waals surface area contributed by atoms with E-state index in [-0.39, 0.29) is 64.5 Å². The number of halogens is 4. The Balaban J connectivity index is 1.46. The van der Waals surface area contributed by atoms with Crippen LogP contribution in [-0.4, -0.2) is 36.9 Å². The lowest BCUT2D eigenvalue weighted by molar-refractivity contribution is -0.120. The fourth-order valence-corrected chi connectivity index (χ4v) is 5.85. The van der Waals surface area contributed by atoms with Gasteiger partial charge in [-0.15, -0.1) is 0 Å². The number of nitrogens with zero attached hydrogens (tertiary/aromatic N) is 2. The summed E-state index contributed by atoms with van der Waals surface area (Å²) in [5.74, 6) is -2.98. The van der Waals surface area contributed by atoms with Crippen molar-refractivity contribution in [1.82, 2.24) is 9.46 Å². The number of piperidine rings is 1. The molecule has 3 aromatic rings. The Morgan fingerprint density at radius 2 is 1.78 bits per heavy atom. The SMILES string of the molecule is Cc1noc(/C=C/c2ccc(F)cc2F)c1S(=O)(=O)N1CCC(C(=O)Nc2ccc(F)cc2Cl)CC1. The van der Waals surface area contributed by atoms with Crippen molar-refractivity contribution in [3.8, 4) is 0 Å². The van der Waals surface area contributed by atoms with E-state index in [4.69, 9.17) is 16.1 Å². The molecule has 0 spiro atoms. The molecular weight excluding hydrogens is 519 g/mol. The first-order valence-corrected chi connectivity index (χ1v) is 12.7. The zero-order valence-electron chi connectivity index (χ0n) is 19.0. The van der Waals surface area contributed by atoms with Crippen LogP contribution in [0, 0.1) is 30.3 Å². The van der Waals surface area contributed by atoms with E-state index in [0.717, 1.165) is 12.1 Å². The molecular formula is C24H21ClF3N3O4S. The third-order valence-corrected chi connectivity index (χ3v) is 8.19. The van der Waals surface area contributed by atoms with Crippen LogP contribution in [0.3, 0.4) is 0 Å². The number of rotatable bonds is 6. The van der Waals surface area contributed by atoms with Gasteiger partial charge < -0.3 is 9.84 Å². The highest BCUT2D eigenvalue weighted by molar-refractivity contribution is 7.89. The standard InChI is InChI=1S/C24H21ClF3N3O4S/c1-14-23(22(35-30-14)7-3-15-2-4-18(27)13-20(15)28)36(33,34)31-10-8-16(9-11-31)24(32)29-21-6-5-17(26)12-19(21)25/h2-7,12-13,16H,8-11H2,1H3,(H,29,32)/b7-3+. The van der Waals surface area contributed by atoms with Gasteiger partial charge in [0.1, 0.15) is 23.1 Å². The van der Waals surface area contributed by atoms with Gasteiger partial charge in [-0.2, -0.15) is 4.31 Å². The smallest absolute Gasteiger partial charge is 0.248 e. The summed E-state index contributed by atoms with van der Waals surface area (Å²) in [6, 6.07) is 6.63. The maximum absolute atomic E-state index is 13.9. The molecule has 0 aliphatic carbocycles. The number of hydrogen-bond acceptors (Lipinski definition) is 5. The Morgan fingerprint density at radius 1 is 1.11 bits per heavy atom. The Kier molecular flexibility index (Phi) is 7.53. The van der Waals surface area contributed by atoms with Crippen LogP contribution < -0.4 is 5.32 Å². The average Bonchev–Trinajstić information content (AvgIpc) is 3.21. The Labute approximate surface area is 210 Å². The van der Waals surface area contributed by atoms with Crippen molar-refractivity contribution in [3.63, 3.8) is 0 Å². The second-order valence-electron chi connectivity index (χ2n) is 8.25. The lowest BCUT2D eigenvalue weighted by Gasteiger charge is -2.30. The quantitative estimate of drug-likeness (QED) is 0.461. The molecule has 12 heteroatoms. The highest BCUT2D eigenvalue weighted by atomic mass is 35.5. The number of carbonyl (C=O) groups excluding carboxylic acids is 1. The Morgan fingerprint density at radius 3 is 2.44 bits per heavy atom. The van der Waals surface area contributed by atoms with Gasteiger partial charge in [0, 0.05) is 30.6 Å². The highest BCUT2D eigenvalue weighted by Gasteiger charge is 2.36. The van der Waals surface area contributed by atoms with Gasteiger partial charge in [-0.25, -0.2) is 21.6 Å². The van der Waals surface area contributed by atoms with Crippen LogP contribution in [0.5, 0.6) is 0 Å². The van der Waals surface area contributed by atoms with E-state index >= 15 is 0 Å². The molecule has 0 radical (unpaired) electrons. The monoisotopic (exact) mass is 539 g/mol. The highest BCUT2D eigenvalue weighted by Crippen LogP contribution is 2.30. The van der Waals surface area contributed by atoms with E-state index in [9.17, 15) is 26.4 Å². The summed E-state index contributed by atoms with van der Waals surface area (Å²) >= 11 is 5.96. The van der Waals surface area contributed by atoms with Crippen LogP contribution in [-0.2, 0) is 14.8 Å². The van der Waals surface area contributed by atoms with E-state index in [2.05, 4.69) is 10.5 Å². The van der Waals surface area contributed by atoms with Crippen LogP contribution in [0.1, 0.15) is 29.9 Å². The second kappa shape index (κ2) is 10.5. The molecule has 1 aliphatic heterocycles. The molecule has 1 aromatic heterocycles. The largest absolute Gasteiger partial charge is 0.355 e. The number of nitrogens with one attached hydrogen (secondary N) is 1. The number of carbonyl (C=O) groups is 1. The van der Waals surface area contributed by atoms with Gasteiger partial charge >= 0.3 is 0 Å². The van der Waals surface area contributed by atoms with E-state index in [1.807, 2.05) is 0 Å². The molecule has 2 heterocycles. The topological polar surface area (TPSA) is 92.5 Å². The molecule has 0 bridgehead atoms. The number of sulfonamides is 1. The predicted octanol–water partition coefficient (Wildman–Crippen LogP) is 5.26. The van der Waals surface area contributed by atoms with Crippen LogP contribution in [0.25, 0.3) is 12.2 Å². The van der Waals surface area contributed by atoms with Crippen molar-refractivity contribution in [3.05, 3.63) is 75.9 Å². The molecule has 190 valence electrons. The molecule has 1 aliphatic rings. The summed E-state index contributed by atoms with van der Waals surface area (Å²) in [6.45, 7) is 1.61. The van der Waals surface area contributed by atoms with Gasteiger partial charge in [-0.3, -0.25) is 4.79 Å². The number of benzene rings is 2. The van der Waals surface area contributed by atoms with Crippen molar-refractivity contribution in [2.24, 2.45) is 5.92 Å². The first-order valence-electron chi connectivity index (χ1n) is 10.9. The maximum Gasteiger partial charge on any atom is 0.248 e. The molecule has 0 saturated carbocycles. The van der Waals surface area contributed by atoms with Crippen molar-refractivity contribution < 1.29 is 30.9 Å². The lowest BCUT2D eigenvalue weighted by atomic mass is 9.97. The van der Waals surface area contributed by atoms with Gasteiger partial charge in [0.2, 0.25) is 15.9 Å². The van der Waals surface area contributed by atoms with Crippen molar-refractivity contribution in [2.45, 2.75) is 24.7 Å². The van der Waals surface area contributed by atoms with Gasteiger partial charge in [-0.05, 0) is 62.2 Å². The van der Waals surface area contributed by atoms with Gasteiger partial charge in [0.25, 0.3) is 0 Å². The molecule has 1 amide bonds. The zero-order valence-corrected chi connectivity index (χ0v) is 20.5. The zero-order chi connectivity index (χ0) is 26.0. The van der Waals surface area contributed by atoms with E-state index in [0.29, 0.717) is 6.07 Å². The first-order chi connectivity index (χ1) is 17.1. The average molecular weight is 540 g/mol. The third kappa shape index (κ3) is 5.48. The molecule has 1 N–H and O–H groups in total. The first kappa shape index (κ1) is 25.9. The summed E-state index contributed by atoms with van der Waals surface area (Å²) in [4.78, 5) is 12.5. The lowest BCUT2D eigenvalue weighted by Crippen LogP contribution is -2.41. The number of aryl methyl sites for hydroxylation is 1. The summed E-state index contributed by atoms with van der Waals surface area (Å²) in [6.07, 6.45) is 3.03. The van der Waals surface area contributed by atoms with Crippen LogP contribution in [0.15, 0.2) is 45.8 Å². The molecule has 36 heavy (non-hydrogen) atoms. The second-order valence-corrected chi connectivity index (χ2v) is 10.5. The fraction of sp³-hybridized carbons (Fsp3) is 0.250. The summed E-state index contributed by atoms with van der Waals surface area (Å²) in [5.41, 5.74) is 0.439. The van der Waals surface area contributed by atoms with E-state index in [1.165, 1.54) is 41.6 Å². The number of amides is 1. The van der Waals surface area contributed by atoms with Gasteiger partial charge in [0.15, 0.2) is 10.7 Å². The van der Waals surface area contributed by atoms with E-state index < -0.39 is 33.4 Å². The van der Waals surface area contributed by atoms with Gasteiger partial charge in [0.05, 0.1) is 10.7 Å². The third-order valence-electron chi connectivity index (χ3n) is 5.82. The van der Waals surface area contributed by atoms with Crippen molar-refractivity contribution in [1.29, 1.82) is 0 Å². The molecule has 0 unspecified atom stereocenters. The van der Waals surface area contributed by atoms with Crippen molar-refractivity contribution >= 4 is 45.4 Å². The maximum atomic E-state index is 13.9. The minimum Gasteiger partial charge on any atom is -0.355 e. The molecule has 1 saturated heterocycles. The van der Waals surface area contributed by atoms with Crippen LogP contribution >= 0.6 is 11.6 Å². The number of hydrogen-bond donors (Lipinski definition) is 1. The summed E-state index contributed by atoms with van der Waals surface area (Å²) in [7, 11) is -4.04. The number of aromatic nitrogens is 1. The van der Waals surface area contributed by atoms with Crippen molar-refractivity contribution in [2.75, 3.05) is 18.4 Å².